The topological polar surface area (TPSA) is 37.0 Å². The lowest BCUT2D eigenvalue weighted by molar-refractivity contribution is -0.202. The second kappa shape index (κ2) is 9.80. The molecule has 25 heavy (non-hydrogen) atoms. The number of halogens is 2. The van der Waals surface area contributed by atoms with Crippen molar-refractivity contribution in [2.45, 2.75) is 64.3 Å². The van der Waals surface area contributed by atoms with Gasteiger partial charge in [-0.2, -0.15) is 8.78 Å². The molecule has 2 rings (SSSR count). The number of rotatable bonds is 10. The summed E-state index contributed by atoms with van der Waals surface area (Å²) < 4.78 is 34.0. The molecule has 1 heterocycles. The Morgan fingerprint density at radius 2 is 1.92 bits per heavy atom. The van der Waals surface area contributed by atoms with Crippen molar-refractivity contribution >= 4 is 0 Å². The highest BCUT2D eigenvalue weighted by Crippen LogP contribution is 2.34. The smallest absolute Gasteiger partial charge is 0.345 e. The Balaban J connectivity index is 1.74. The molecule has 2 fully saturated rings. The van der Waals surface area contributed by atoms with Crippen LogP contribution in [-0.2, 0) is 9.47 Å². The Morgan fingerprint density at radius 3 is 2.44 bits per heavy atom. The number of methoxy groups -OCH3 is 1. The molecule has 7 heteroatoms. The maximum absolute atomic E-state index is 12.2. The normalized spacial score (nSPS) is 26.5. The summed E-state index contributed by atoms with van der Waals surface area (Å²) in [5.74, 6) is 0.631. The van der Waals surface area contributed by atoms with E-state index in [0.717, 1.165) is 38.0 Å². The standard InChI is InChI=1S/C18H33F2N3O2/c1-13(2)23(11-21-12-24-4)14(3)15-5-7-16(8-6-15)22-9-17(10-22)25-18(19)20/h14-18,21H,1,5-12H2,2-4H3/t14-,15?,16?/m1/s1. The molecule has 1 aliphatic carbocycles. The molecule has 0 unspecified atom stereocenters. The molecule has 1 saturated carbocycles. The quantitative estimate of drug-likeness (QED) is 0.478. The van der Waals surface area contributed by atoms with Crippen LogP contribution in [0.5, 0.6) is 0 Å². The summed E-state index contributed by atoms with van der Waals surface area (Å²) in [5.41, 5.74) is 1.06. The van der Waals surface area contributed by atoms with Crippen LogP contribution >= 0.6 is 0 Å². The molecule has 0 aromatic rings. The van der Waals surface area contributed by atoms with Gasteiger partial charge < -0.3 is 14.4 Å². The Hall–Kier alpha value is -0.760. The first-order valence-electron chi connectivity index (χ1n) is 9.21. The molecule has 0 bridgehead atoms. The van der Waals surface area contributed by atoms with Crippen molar-refractivity contribution in [1.29, 1.82) is 0 Å². The van der Waals surface area contributed by atoms with E-state index in [4.69, 9.17) is 4.74 Å². The summed E-state index contributed by atoms with van der Waals surface area (Å²) >= 11 is 0. The number of nitrogens with one attached hydrogen (secondary N) is 1. The molecule has 146 valence electrons. The molecule has 5 nitrogen and oxygen atoms in total. The Labute approximate surface area is 150 Å². The van der Waals surface area contributed by atoms with Crippen molar-refractivity contribution in [3.63, 3.8) is 0 Å². The first-order chi connectivity index (χ1) is 11.9. The lowest BCUT2D eigenvalue weighted by Gasteiger charge is -2.47. The first kappa shape index (κ1) is 20.6. The minimum absolute atomic E-state index is 0.289. The van der Waals surface area contributed by atoms with Gasteiger partial charge in [-0.3, -0.25) is 10.2 Å². The highest BCUT2D eigenvalue weighted by Gasteiger charge is 2.37. The lowest BCUT2D eigenvalue weighted by atomic mass is 9.80. The van der Waals surface area contributed by atoms with Gasteiger partial charge in [0.2, 0.25) is 0 Å². The van der Waals surface area contributed by atoms with Crippen molar-refractivity contribution in [1.82, 2.24) is 15.1 Å². The molecule has 0 spiro atoms. The van der Waals surface area contributed by atoms with Crippen LogP contribution in [0.1, 0.15) is 39.5 Å². The van der Waals surface area contributed by atoms with E-state index in [9.17, 15) is 8.78 Å². The van der Waals surface area contributed by atoms with E-state index in [1.54, 1.807) is 7.11 Å². The summed E-state index contributed by atoms with van der Waals surface area (Å²) in [6.07, 6.45) is 4.30. The molecule has 0 radical (unpaired) electrons. The maximum Gasteiger partial charge on any atom is 0.345 e. The molecule has 1 atom stereocenters. The van der Waals surface area contributed by atoms with Gasteiger partial charge >= 0.3 is 6.61 Å². The second-order valence-corrected chi connectivity index (χ2v) is 7.33. The van der Waals surface area contributed by atoms with E-state index in [1.165, 1.54) is 0 Å². The zero-order valence-electron chi connectivity index (χ0n) is 15.7. The fraction of sp³-hybridized carbons (Fsp3) is 0.889. The third-order valence-corrected chi connectivity index (χ3v) is 5.62. The number of nitrogens with zero attached hydrogens (tertiary/aromatic N) is 2. The van der Waals surface area contributed by atoms with Gasteiger partial charge in [0.15, 0.2) is 0 Å². The first-order valence-corrected chi connectivity index (χ1v) is 9.21. The molecule has 1 N–H and O–H groups in total. The molecule has 0 aromatic carbocycles. The van der Waals surface area contributed by atoms with Gasteiger partial charge in [-0.15, -0.1) is 0 Å². The summed E-state index contributed by atoms with van der Waals surface area (Å²) in [5, 5.41) is 3.26. The third kappa shape index (κ3) is 5.88. The second-order valence-electron chi connectivity index (χ2n) is 7.33. The van der Waals surface area contributed by atoms with E-state index >= 15 is 0 Å². The van der Waals surface area contributed by atoms with E-state index < -0.39 is 6.61 Å². The van der Waals surface area contributed by atoms with Crippen LogP contribution < -0.4 is 5.32 Å². The van der Waals surface area contributed by atoms with Gasteiger partial charge in [0.1, 0.15) is 0 Å². The number of ether oxygens (including phenoxy) is 2. The van der Waals surface area contributed by atoms with Crippen LogP contribution in [0.25, 0.3) is 0 Å². The Bertz CT molecular complexity index is 411. The maximum atomic E-state index is 12.2. The number of alkyl halides is 2. The van der Waals surface area contributed by atoms with Gasteiger partial charge in [0, 0.05) is 38.0 Å². The summed E-state index contributed by atoms with van der Waals surface area (Å²) in [4.78, 5) is 4.60. The number of likely N-dealkylation sites (tertiary alicyclic amines) is 1. The van der Waals surface area contributed by atoms with Crippen LogP contribution in [0.4, 0.5) is 8.78 Å². The van der Waals surface area contributed by atoms with Gasteiger partial charge in [-0.25, -0.2) is 0 Å². The fourth-order valence-electron chi connectivity index (χ4n) is 4.10. The molecule has 0 aromatic heterocycles. The summed E-state index contributed by atoms with van der Waals surface area (Å²) in [6, 6.07) is 0.944. The minimum atomic E-state index is -2.65. The van der Waals surface area contributed by atoms with Gasteiger partial charge in [0.25, 0.3) is 0 Å². The van der Waals surface area contributed by atoms with Crippen molar-refractivity contribution < 1.29 is 18.3 Å². The SMILES string of the molecule is C=C(C)N(CNCOC)[C@H](C)C1CCC(N2CC(OC(F)F)C2)CC1. The Morgan fingerprint density at radius 1 is 1.28 bits per heavy atom. The van der Waals surface area contributed by atoms with E-state index in [-0.39, 0.29) is 6.10 Å². The van der Waals surface area contributed by atoms with Crippen molar-refractivity contribution in [3.8, 4) is 0 Å². The van der Waals surface area contributed by atoms with Crippen molar-refractivity contribution in [3.05, 3.63) is 12.3 Å². The molecule has 1 saturated heterocycles. The number of hydrogen-bond donors (Lipinski definition) is 1. The zero-order chi connectivity index (χ0) is 18.4. The van der Waals surface area contributed by atoms with Gasteiger partial charge in [0.05, 0.1) is 19.5 Å². The van der Waals surface area contributed by atoms with Crippen LogP contribution in [-0.4, -0.2) is 68.2 Å². The minimum Gasteiger partial charge on any atom is -0.369 e. The number of hydrogen-bond acceptors (Lipinski definition) is 5. The zero-order valence-corrected chi connectivity index (χ0v) is 15.7. The molecular weight excluding hydrogens is 328 g/mol. The lowest BCUT2D eigenvalue weighted by Crippen LogP contribution is -2.58. The largest absolute Gasteiger partial charge is 0.369 e. The van der Waals surface area contributed by atoms with E-state index in [2.05, 4.69) is 33.4 Å². The third-order valence-electron chi connectivity index (χ3n) is 5.62. The molecule has 2 aliphatic rings. The van der Waals surface area contributed by atoms with E-state index in [0.29, 0.717) is 37.8 Å². The van der Waals surface area contributed by atoms with Crippen LogP contribution in [0.2, 0.25) is 0 Å². The van der Waals surface area contributed by atoms with Crippen LogP contribution in [0, 0.1) is 5.92 Å². The highest BCUT2D eigenvalue weighted by molar-refractivity contribution is 4.96. The van der Waals surface area contributed by atoms with Gasteiger partial charge in [-0.1, -0.05) is 6.58 Å². The molecular formula is C18H33F2N3O2. The summed E-state index contributed by atoms with van der Waals surface area (Å²) in [7, 11) is 1.68. The molecule has 1 aliphatic heterocycles. The van der Waals surface area contributed by atoms with Crippen LogP contribution in [0.3, 0.4) is 0 Å². The summed E-state index contributed by atoms with van der Waals surface area (Å²) in [6.45, 7) is 8.33. The average Bonchev–Trinajstić information content (AvgIpc) is 2.54. The van der Waals surface area contributed by atoms with Gasteiger partial charge in [-0.05, 0) is 45.4 Å². The van der Waals surface area contributed by atoms with Crippen molar-refractivity contribution in [2.75, 3.05) is 33.6 Å². The van der Waals surface area contributed by atoms with Crippen molar-refractivity contribution in [2.24, 2.45) is 5.92 Å². The highest BCUT2D eigenvalue weighted by atomic mass is 19.3. The van der Waals surface area contributed by atoms with E-state index in [1.807, 2.05) is 6.92 Å². The molecule has 0 amide bonds. The van der Waals surface area contributed by atoms with Crippen LogP contribution in [0.15, 0.2) is 12.3 Å². The monoisotopic (exact) mass is 361 g/mol. The average molecular weight is 361 g/mol. The predicted molar refractivity (Wildman–Crippen MR) is 94.2 cm³/mol. The fourth-order valence-corrected chi connectivity index (χ4v) is 4.10. The number of allylic oxidation sites excluding steroid dienone is 1. The Kier molecular flexibility index (Phi) is 8.06. The predicted octanol–water partition coefficient (Wildman–Crippen LogP) is 2.84.